The summed E-state index contributed by atoms with van der Waals surface area (Å²) in [6.45, 7) is 12.6. The maximum atomic E-state index is 8.87. The standard InChI is InChI=1S/C10H21NO/c1-7(2)9(11-12)10(5,6)8(3)4/h7-8,12H,1-6H3. The Morgan fingerprint density at radius 2 is 1.58 bits per heavy atom. The number of nitrogens with zero attached hydrogens (tertiary/aromatic N) is 1. The predicted octanol–water partition coefficient (Wildman–Crippen LogP) is 3.15. The van der Waals surface area contributed by atoms with E-state index < -0.39 is 0 Å². The van der Waals surface area contributed by atoms with Crippen LogP contribution in [0.3, 0.4) is 0 Å². The highest BCUT2D eigenvalue weighted by molar-refractivity contribution is 5.90. The van der Waals surface area contributed by atoms with Gasteiger partial charge in [-0.1, -0.05) is 46.7 Å². The molecule has 0 radical (unpaired) electrons. The third-order valence-corrected chi connectivity index (χ3v) is 2.76. The summed E-state index contributed by atoms with van der Waals surface area (Å²) < 4.78 is 0. The summed E-state index contributed by atoms with van der Waals surface area (Å²) >= 11 is 0. The first kappa shape index (κ1) is 11.5. The summed E-state index contributed by atoms with van der Waals surface area (Å²) in [6, 6.07) is 0. The van der Waals surface area contributed by atoms with E-state index in [1.54, 1.807) is 0 Å². The van der Waals surface area contributed by atoms with Crippen LogP contribution in [0.1, 0.15) is 41.5 Å². The monoisotopic (exact) mass is 171 g/mol. The molecule has 2 heteroatoms. The lowest BCUT2D eigenvalue weighted by Crippen LogP contribution is -2.33. The molecule has 0 bridgehead atoms. The van der Waals surface area contributed by atoms with Crippen LogP contribution in [0, 0.1) is 17.3 Å². The summed E-state index contributed by atoms with van der Waals surface area (Å²) in [6.07, 6.45) is 0. The molecule has 0 unspecified atom stereocenters. The maximum absolute atomic E-state index is 8.87. The fourth-order valence-corrected chi connectivity index (χ4v) is 1.28. The first-order valence-electron chi connectivity index (χ1n) is 4.56. The van der Waals surface area contributed by atoms with Gasteiger partial charge in [0.1, 0.15) is 0 Å². The van der Waals surface area contributed by atoms with Crippen LogP contribution >= 0.6 is 0 Å². The summed E-state index contributed by atoms with van der Waals surface area (Å²) in [5.41, 5.74) is 0.876. The number of hydrogen-bond donors (Lipinski definition) is 1. The molecule has 0 spiro atoms. The molecule has 0 amide bonds. The first-order valence-corrected chi connectivity index (χ1v) is 4.56. The van der Waals surface area contributed by atoms with E-state index in [-0.39, 0.29) is 5.41 Å². The van der Waals surface area contributed by atoms with Crippen molar-refractivity contribution in [3.8, 4) is 0 Å². The molecule has 0 saturated heterocycles. The lowest BCUT2D eigenvalue weighted by molar-refractivity contribution is 0.284. The molecule has 1 N–H and O–H groups in total. The molecule has 0 saturated carbocycles. The van der Waals surface area contributed by atoms with Crippen molar-refractivity contribution in [1.82, 2.24) is 0 Å². The van der Waals surface area contributed by atoms with Crippen LogP contribution < -0.4 is 0 Å². The van der Waals surface area contributed by atoms with Gasteiger partial charge in [-0.2, -0.15) is 0 Å². The molecule has 0 atom stereocenters. The molecule has 0 heterocycles. The SMILES string of the molecule is CC(C)C(=NO)C(C)(C)C(C)C. The van der Waals surface area contributed by atoms with Crippen LogP contribution in [0.15, 0.2) is 5.16 Å². The Morgan fingerprint density at radius 3 is 1.67 bits per heavy atom. The van der Waals surface area contributed by atoms with Gasteiger partial charge >= 0.3 is 0 Å². The number of oxime groups is 1. The van der Waals surface area contributed by atoms with Gasteiger partial charge in [0.15, 0.2) is 0 Å². The minimum atomic E-state index is -0.0110. The van der Waals surface area contributed by atoms with Crippen LogP contribution in [0.5, 0.6) is 0 Å². The third kappa shape index (κ3) is 2.23. The highest BCUT2D eigenvalue weighted by Gasteiger charge is 2.30. The fourth-order valence-electron chi connectivity index (χ4n) is 1.28. The minimum Gasteiger partial charge on any atom is -0.411 e. The maximum Gasteiger partial charge on any atom is 0.0654 e. The fraction of sp³-hybridized carbons (Fsp3) is 0.900. The highest BCUT2D eigenvalue weighted by atomic mass is 16.4. The molecule has 0 aromatic carbocycles. The number of rotatable bonds is 3. The smallest absolute Gasteiger partial charge is 0.0654 e. The molecule has 0 aromatic heterocycles. The average molecular weight is 171 g/mol. The van der Waals surface area contributed by atoms with Gasteiger partial charge in [0.05, 0.1) is 5.71 Å². The van der Waals surface area contributed by atoms with Gasteiger partial charge in [-0.3, -0.25) is 0 Å². The largest absolute Gasteiger partial charge is 0.411 e. The third-order valence-electron chi connectivity index (χ3n) is 2.76. The predicted molar refractivity (Wildman–Crippen MR) is 52.7 cm³/mol. The van der Waals surface area contributed by atoms with Crippen LogP contribution in [0.25, 0.3) is 0 Å². The van der Waals surface area contributed by atoms with Gasteiger partial charge in [-0.05, 0) is 11.8 Å². The second kappa shape index (κ2) is 3.92. The Labute approximate surface area is 75.7 Å². The zero-order valence-corrected chi connectivity index (χ0v) is 9.05. The first-order chi connectivity index (χ1) is 5.34. The van der Waals surface area contributed by atoms with E-state index in [9.17, 15) is 0 Å². The zero-order valence-electron chi connectivity index (χ0n) is 9.05. The summed E-state index contributed by atoms with van der Waals surface area (Å²) in [5.74, 6) is 0.804. The number of hydrogen-bond acceptors (Lipinski definition) is 2. The topological polar surface area (TPSA) is 32.6 Å². The van der Waals surface area contributed by atoms with E-state index in [0.29, 0.717) is 11.8 Å². The van der Waals surface area contributed by atoms with E-state index in [4.69, 9.17) is 5.21 Å². The van der Waals surface area contributed by atoms with Gasteiger partial charge in [0.2, 0.25) is 0 Å². The molecule has 12 heavy (non-hydrogen) atoms. The second-order valence-electron chi connectivity index (χ2n) is 4.52. The van der Waals surface area contributed by atoms with Crippen molar-refractivity contribution in [2.45, 2.75) is 41.5 Å². The van der Waals surface area contributed by atoms with E-state index in [1.807, 2.05) is 0 Å². The van der Waals surface area contributed by atoms with Crippen molar-refractivity contribution in [2.24, 2.45) is 22.4 Å². The van der Waals surface area contributed by atoms with Crippen LogP contribution in [-0.2, 0) is 0 Å². The Hall–Kier alpha value is -0.530. The molecule has 72 valence electrons. The Kier molecular flexibility index (Phi) is 3.75. The molecule has 0 aliphatic rings. The molecule has 0 rings (SSSR count). The molecule has 0 aliphatic carbocycles. The normalized spacial score (nSPS) is 14.5. The van der Waals surface area contributed by atoms with Crippen LogP contribution in [0.2, 0.25) is 0 Å². The average Bonchev–Trinajstić information content (AvgIpc) is 1.86. The minimum absolute atomic E-state index is 0.0110. The van der Waals surface area contributed by atoms with E-state index in [2.05, 4.69) is 46.7 Å². The van der Waals surface area contributed by atoms with Crippen LogP contribution in [-0.4, -0.2) is 10.9 Å². The molecular formula is C10H21NO. The van der Waals surface area contributed by atoms with Gasteiger partial charge in [0, 0.05) is 5.41 Å². The van der Waals surface area contributed by atoms with Gasteiger partial charge in [-0.25, -0.2) is 0 Å². The quantitative estimate of drug-likeness (QED) is 0.395. The van der Waals surface area contributed by atoms with Crippen molar-refractivity contribution in [3.05, 3.63) is 0 Å². The van der Waals surface area contributed by atoms with E-state index in [0.717, 1.165) is 5.71 Å². The Morgan fingerprint density at radius 1 is 1.17 bits per heavy atom. The second-order valence-corrected chi connectivity index (χ2v) is 4.52. The van der Waals surface area contributed by atoms with Gasteiger partial charge < -0.3 is 5.21 Å². The highest BCUT2D eigenvalue weighted by Crippen LogP contribution is 2.30. The molecule has 2 nitrogen and oxygen atoms in total. The molecule has 0 fully saturated rings. The zero-order chi connectivity index (χ0) is 9.94. The van der Waals surface area contributed by atoms with E-state index in [1.165, 1.54) is 0 Å². The lowest BCUT2D eigenvalue weighted by atomic mass is 9.73. The molecule has 0 aromatic rings. The van der Waals surface area contributed by atoms with Crippen molar-refractivity contribution < 1.29 is 5.21 Å². The summed E-state index contributed by atoms with van der Waals surface area (Å²) in [4.78, 5) is 0. The van der Waals surface area contributed by atoms with Crippen molar-refractivity contribution in [3.63, 3.8) is 0 Å². The van der Waals surface area contributed by atoms with Crippen molar-refractivity contribution in [1.29, 1.82) is 0 Å². The van der Waals surface area contributed by atoms with Gasteiger partial charge in [-0.15, -0.1) is 0 Å². The van der Waals surface area contributed by atoms with E-state index >= 15 is 0 Å². The molecular weight excluding hydrogens is 150 g/mol. The van der Waals surface area contributed by atoms with Crippen molar-refractivity contribution >= 4 is 5.71 Å². The summed E-state index contributed by atoms with van der Waals surface area (Å²) in [7, 11) is 0. The van der Waals surface area contributed by atoms with Gasteiger partial charge in [0.25, 0.3) is 0 Å². The van der Waals surface area contributed by atoms with Crippen molar-refractivity contribution in [2.75, 3.05) is 0 Å². The van der Waals surface area contributed by atoms with Crippen LogP contribution in [0.4, 0.5) is 0 Å². The summed E-state index contributed by atoms with van der Waals surface area (Å²) in [5, 5.41) is 12.3. The Bertz CT molecular complexity index is 169. The molecule has 0 aliphatic heterocycles. The Balaban J connectivity index is 4.74. The lowest BCUT2D eigenvalue weighted by Gasteiger charge is -2.31.